The third-order valence-electron chi connectivity index (χ3n) is 5.67. The van der Waals surface area contributed by atoms with Gasteiger partial charge < -0.3 is 25.4 Å². The molecular formula is C25H26F3N5O3S. The first-order valence-electron chi connectivity index (χ1n) is 11.5. The van der Waals surface area contributed by atoms with Crippen molar-refractivity contribution in [2.75, 3.05) is 44.5 Å². The van der Waals surface area contributed by atoms with E-state index in [2.05, 4.69) is 32.9 Å². The summed E-state index contributed by atoms with van der Waals surface area (Å²) >= 11 is -0.227. The smallest absolute Gasteiger partial charge is 0.446 e. The van der Waals surface area contributed by atoms with Crippen LogP contribution in [0, 0.1) is 11.8 Å². The lowest BCUT2D eigenvalue weighted by Crippen LogP contribution is -2.28. The van der Waals surface area contributed by atoms with Crippen LogP contribution in [0.3, 0.4) is 0 Å². The van der Waals surface area contributed by atoms with Gasteiger partial charge in [-0.1, -0.05) is 12.0 Å². The van der Waals surface area contributed by atoms with Crippen LogP contribution in [0.2, 0.25) is 0 Å². The number of amides is 1. The molecule has 12 heteroatoms. The number of aromatic nitrogens is 2. The number of carbonyl (C=O) groups is 1. The fraction of sp³-hybridized carbons (Fsp3) is 0.360. The zero-order valence-corrected chi connectivity index (χ0v) is 21.1. The molecule has 1 aliphatic heterocycles. The number of carbonyl (C=O) groups excluding carboxylic acids is 1. The molecule has 1 saturated heterocycles. The predicted octanol–water partition coefficient (Wildman–Crippen LogP) is 4.37. The summed E-state index contributed by atoms with van der Waals surface area (Å²) in [6, 6.07) is 10.1. The Morgan fingerprint density at radius 3 is 2.76 bits per heavy atom. The van der Waals surface area contributed by atoms with Crippen LogP contribution in [0.25, 0.3) is 5.52 Å². The minimum absolute atomic E-state index is 0.0345. The predicted molar refractivity (Wildman–Crippen MR) is 136 cm³/mol. The molecule has 0 bridgehead atoms. The quantitative estimate of drug-likeness (QED) is 0.307. The van der Waals surface area contributed by atoms with Crippen molar-refractivity contribution >= 4 is 34.7 Å². The number of nitrogens with one attached hydrogen (secondary N) is 3. The lowest BCUT2D eigenvalue weighted by molar-refractivity contribution is -0.0327. The third-order valence-corrected chi connectivity index (χ3v) is 6.51. The van der Waals surface area contributed by atoms with Gasteiger partial charge in [-0.15, -0.1) is 0 Å². The normalized spacial score (nSPS) is 14.1. The molecule has 3 N–H and O–H groups in total. The number of fused-ring (bicyclic) bond motifs is 1. The second-order valence-corrected chi connectivity index (χ2v) is 9.19. The SMILES string of the molecule is CNC(=O)c1ccc(NCC#Cc2nn3c(NC4CCOCC4)cccc3c2SC(F)(F)F)c(OC)c1. The Balaban J connectivity index is 1.58. The van der Waals surface area contributed by atoms with Crippen molar-refractivity contribution in [2.24, 2.45) is 0 Å². The second-order valence-electron chi connectivity index (χ2n) is 8.11. The van der Waals surface area contributed by atoms with Gasteiger partial charge in [0.15, 0.2) is 0 Å². The van der Waals surface area contributed by atoms with Crippen molar-refractivity contribution in [3.8, 4) is 17.6 Å². The van der Waals surface area contributed by atoms with Gasteiger partial charge in [0.1, 0.15) is 17.3 Å². The van der Waals surface area contributed by atoms with E-state index in [9.17, 15) is 18.0 Å². The van der Waals surface area contributed by atoms with Gasteiger partial charge in [-0.2, -0.15) is 18.3 Å². The van der Waals surface area contributed by atoms with Crippen molar-refractivity contribution < 1.29 is 27.4 Å². The highest BCUT2D eigenvalue weighted by atomic mass is 32.2. The maximum Gasteiger partial charge on any atom is 0.446 e. The Hall–Kier alpha value is -3.56. The molecule has 3 heterocycles. The van der Waals surface area contributed by atoms with E-state index in [0.29, 0.717) is 41.5 Å². The van der Waals surface area contributed by atoms with Crippen molar-refractivity contribution in [2.45, 2.75) is 29.3 Å². The third kappa shape index (κ3) is 6.61. The van der Waals surface area contributed by atoms with Gasteiger partial charge in [0.25, 0.3) is 5.91 Å². The molecule has 3 aromatic rings. The van der Waals surface area contributed by atoms with Gasteiger partial charge in [-0.05, 0) is 60.9 Å². The molecule has 8 nitrogen and oxygen atoms in total. The molecule has 1 fully saturated rings. The number of halogens is 3. The summed E-state index contributed by atoms with van der Waals surface area (Å²) in [6.45, 7) is 1.38. The Morgan fingerprint density at radius 1 is 1.27 bits per heavy atom. The number of pyridine rings is 1. The molecule has 0 unspecified atom stereocenters. The van der Waals surface area contributed by atoms with Crippen molar-refractivity contribution in [1.29, 1.82) is 0 Å². The number of alkyl halides is 3. The Kier molecular flexibility index (Phi) is 8.35. The fourth-order valence-electron chi connectivity index (χ4n) is 3.90. The van der Waals surface area contributed by atoms with Gasteiger partial charge in [-0.25, -0.2) is 4.52 Å². The highest BCUT2D eigenvalue weighted by Gasteiger charge is 2.33. The molecule has 0 atom stereocenters. The Bertz CT molecular complexity index is 1330. The number of ether oxygens (including phenoxy) is 2. The van der Waals surface area contributed by atoms with Crippen LogP contribution in [-0.4, -0.2) is 61.0 Å². The molecule has 4 rings (SSSR count). The number of thioether (sulfide) groups is 1. The van der Waals surface area contributed by atoms with E-state index in [1.807, 2.05) is 0 Å². The van der Waals surface area contributed by atoms with Crippen LogP contribution in [0.15, 0.2) is 41.3 Å². The molecular weight excluding hydrogens is 507 g/mol. The van der Waals surface area contributed by atoms with E-state index in [1.54, 1.807) is 36.4 Å². The van der Waals surface area contributed by atoms with Gasteiger partial charge in [0.2, 0.25) is 0 Å². The van der Waals surface area contributed by atoms with Crippen molar-refractivity contribution in [1.82, 2.24) is 14.9 Å². The zero-order chi connectivity index (χ0) is 26.4. The Morgan fingerprint density at radius 2 is 2.05 bits per heavy atom. The maximum atomic E-state index is 13.4. The number of nitrogens with zero attached hydrogens (tertiary/aromatic N) is 2. The van der Waals surface area contributed by atoms with Gasteiger partial charge in [0, 0.05) is 31.9 Å². The van der Waals surface area contributed by atoms with Crippen LogP contribution in [0.1, 0.15) is 28.9 Å². The maximum absolute atomic E-state index is 13.4. The topological polar surface area (TPSA) is 88.9 Å². The number of anilines is 2. The molecule has 0 aliphatic carbocycles. The fourth-order valence-corrected chi connectivity index (χ4v) is 4.58. The summed E-state index contributed by atoms with van der Waals surface area (Å²) in [7, 11) is 3.01. The lowest BCUT2D eigenvalue weighted by atomic mass is 10.1. The molecule has 0 radical (unpaired) electrons. The summed E-state index contributed by atoms with van der Waals surface area (Å²) in [5, 5.41) is 13.4. The minimum atomic E-state index is -4.50. The number of benzene rings is 1. The van der Waals surface area contributed by atoms with E-state index < -0.39 is 5.51 Å². The summed E-state index contributed by atoms with van der Waals surface area (Å²) < 4.78 is 52.4. The molecule has 1 amide bonds. The number of rotatable bonds is 7. The molecule has 1 aromatic carbocycles. The van der Waals surface area contributed by atoms with Crippen molar-refractivity contribution in [3.63, 3.8) is 0 Å². The monoisotopic (exact) mass is 533 g/mol. The molecule has 37 heavy (non-hydrogen) atoms. The molecule has 0 spiro atoms. The average molecular weight is 534 g/mol. The van der Waals surface area contributed by atoms with Crippen LogP contribution in [-0.2, 0) is 4.74 Å². The van der Waals surface area contributed by atoms with E-state index in [1.165, 1.54) is 18.7 Å². The van der Waals surface area contributed by atoms with E-state index in [-0.39, 0.29) is 40.8 Å². The summed E-state index contributed by atoms with van der Waals surface area (Å²) in [5.74, 6) is 6.42. The van der Waals surface area contributed by atoms with Crippen LogP contribution in [0.5, 0.6) is 5.75 Å². The first-order chi connectivity index (χ1) is 17.8. The highest BCUT2D eigenvalue weighted by molar-refractivity contribution is 8.00. The van der Waals surface area contributed by atoms with Crippen LogP contribution < -0.4 is 20.7 Å². The van der Waals surface area contributed by atoms with E-state index in [4.69, 9.17) is 9.47 Å². The highest BCUT2D eigenvalue weighted by Crippen LogP contribution is 2.41. The van der Waals surface area contributed by atoms with Gasteiger partial charge >= 0.3 is 5.51 Å². The Labute approximate surface area is 216 Å². The standard InChI is InChI=1S/C25H26F3N5O3S/c1-29-24(34)16-8-9-18(21(15-16)35-2)30-12-4-5-19-23(37-25(26,27)28)20-6-3-7-22(33(20)32-19)31-17-10-13-36-14-11-17/h3,6-9,15,17,30-31H,10-14H2,1-2H3,(H,29,34). The zero-order valence-electron chi connectivity index (χ0n) is 20.2. The summed E-state index contributed by atoms with van der Waals surface area (Å²) in [5.41, 5.74) is -3.12. The lowest BCUT2D eigenvalue weighted by Gasteiger charge is -2.24. The van der Waals surface area contributed by atoms with Crippen molar-refractivity contribution in [3.05, 3.63) is 47.7 Å². The number of hydrogen-bond acceptors (Lipinski definition) is 7. The number of hydrogen-bond donors (Lipinski definition) is 3. The first-order valence-corrected chi connectivity index (χ1v) is 12.4. The van der Waals surface area contributed by atoms with Crippen LogP contribution >= 0.6 is 11.8 Å². The largest absolute Gasteiger partial charge is 0.495 e. The second kappa shape index (κ2) is 11.7. The van der Waals surface area contributed by atoms with Gasteiger partial charge in [0.05, 0.1) is 29.8 Å². The molecule has 0 saturated carbocycles. The molecule has 1 aliphatic rings. The molecule has 2 aromatic heterocycles. The first kappa shape index (κ1) is 26.5. The number of methoxy groups -OCH3 is 1. The van der Waals surface area contributed by atoms with Crippen LogP contribution in [0.4, 0.5) is 24.7 Å². The average Bonchev–Trinajstić information content (AvgIpc) is 3.23. The minimum Gasteiger partial charge on any atom is -0.495 e. The summed E-state index contributed by atoms with van der Waals surface area (Å²) in [4.78, 5) is 11.8. The summed E-state index contributed by atoms with van der Waals surface area (Å²) in [6.07, 6.45) is 1.60. The van der Waals surface area contributed by atoms with Gasteiger partial charge in [-0.3, -0.25) is 4.79 Å². The molecule has 196 valence electrons. The van der Waals surface area contributed by atoms with E-state index >= 15 is 0 Å². The van der Waals surface area contributed by atoms with E-state index in [0.717, 1.165) is 12.8 Å².